The Balaban J connectivity index is 1.38. The van der Waals surface area contributed by atoms with Crippen molar-refractivity contribution in [2.75, 3.05) is 44.7 Å². The highest BCUT2D eigenvalue weighted by Crippen LogP contribution is 2.19. The highest BCUT2D eigenvalue weighted by atomic mass is 19.1. The van der Waals surface area contributed by atoms with Crippen molar-refractivity contribution in [3.8, 4) is 5.75 Å². The van der Waals surface area contributed by atoms with E-state index in [1.165, 1.54) is 30.5 Å². The monoisotopic (exact) mass is 425 g/mol. The summed E-state index contributed by atoms with van der Waals surface area (Å²) in [5.41, 5.74) is 3.20. The summed E-state index contributed by atoms with van der Waals surface area (Å²) >= 11 is 0. The Morgan fingerprint density at radius 3 is 2.65 bits per heavy atom. The largest absolute Gasteiger partial charge is 0.494 e. The number of carbonyl (C=O) groups excluding carboxylic acids is 1. The molecule has 2 aromatic rings. The van der Waals surface area contributed by atoms with Crippen molar-refractivity contribution in [2.24, 2.45) is 0 Å². The Kier molecular flexibility index (Phi) is 8.06. The summed E-state index contributed by atoms with van der Waals surface area (Å²) in [5.74, 6) is -0.427. The maximum absolute atomic E-state index is 13.7. The van der Waals surface area contributed by atoms with Gasteiger partial charge in [-0.3, -0.25) is 9.69 Å². The fourth-order valence-corrected chi connectivity index (χ4v) is 3.75. The summed E-state index contributed by atoms with van der Waals surface area (Å²) in [6.07, 6.45) is 3.94. The van der Waals surface area contributed by atoms with E-state index < -0.39 is 5.82 Å². The van der Waals surface area contributed by atoms with E-state index >= 15 is 0 Å². The van der Waals surface area contributed by atoms with Crippen LogP contribution in [0, 0.1) is 12.7 Å². The molecule has 5 nitrogen and oxygen atoms in total. The molecular weight excluding hydrogens is 393 g/mol. The third kappa shape index (κ3) is 6.82. The van der Waals surface area contributed by atoms with Gasteiger partial charge < -0.3 is 15.0 Å². The number of aryl methyl sites for hydroxylation is 1. The molecule has 0 aliphatic carbocycles. The van der Waals surface area contributed by atoms with Crippen molar-refractivity contribution in [3.05, 3.63) is 65.5 Å². The first-order chi connectivity index (χ1) is 14.9. The molecule has 2 aromatic carbocycles. The van der Waals surface area contributed by atoms with Crippen molar-refractivity contribution in [1.29, 1.82) is 0 Å². The van der Waals surface area contributed by atoms with E-state index in [9.17, 15) is 9.18 Å². The van der Waals surface area contributed by atoms with Crippen LogP contribution < -0.4 is 15.0 Å². The summed E-state index contributed by atoms with van der Waals surface area (Å²) in [7, 11) is 1.42. The van der Waals surface area contributed by atoms with Crippen molar-refractivity contribution >= 4 is 17.7 Å². The molecule has 0 aromatic heterocycles. The van der Waals surface area contributed by atoms with Crippen LogP contribution in [0.25, 0.3) is 6.08 Å². The van der Waals surface area contributed by atoms with Crippen LogP contribution in [0.15, 0.2) is 48.5 Å². The number of benzene rings is 2. The minimum Gasteiger partial charge on any atom is -0.494 e. The lowest BCUT2D eigenvalue weighted by atomic mass is 10.1. The number of carbonyl (C=O) groups is 1. The lowest BCUT2D eigenvalue weighted by Gasteiger charge is -2.36. The SMILES string of the molecule is COc1ccc(/C=C/C(=O)NC(C)CCN2CCN(c3cccc(C)c3)CC2)cc1F. The number of rotatable bonds is 8. The van der Waals surface area contributed by atoms with E-state index in [1.807, 2.05) is 6.92 Å². The number of amides is 1. The van der Waals surface area contributed by atoms with Crippen LogP contribution in [-0.2, 0) is 4.79 Å². The number of nitrogens with zero attached hydrogens (tertiary/aromatic N) is 2. The molecule has 1 N–H and O–H groups in total. The van der Waals surface area contributed by atoms with Crippen LogP contribution in [0.3, 0.4) is 0 Å². The average molecular weight is 426 g/mol. The van der Waals surface area contributed by atoms with Gasteiger partial charge in [-0.1, -0.05) is 18.2 Å². The Labute approximate surface area is 184 Å². The number of hydrogen-bond acceptors (Lipinski definition) is 4. The highest BCUT2D eigenvalue weighted by molar-refractivity contribution is 5.91. The summed E-state index contributed by atoms with van der Waals surface area (Å²) < 4.78 is 18.6. The van der Waals surface area contributed by atoms with Crippen LogP contribution >= 0.6 is 0 Å². The van der Waals surface area contributed by atoms with Gasteiger partial charge in [0.05, 0.1) is 7.11 Å². The first-order valence-corrected chi connectivity index (χ1v) is 10.8. The van der Waals surface area contributed by atoms with Gasteiger partial charge in [-0.15, -0.1) is 0 Å². The molecule has 1 aliphatic rings. The Morgan fingerprint density at radius 1 is 1.19 bits per heavy atom. The van der Waals surface area contributed by atoms with Crippen LogP contribution in [0.4, 0.5) is 10.1 Å². The second-order valence-electron chi connectivity index (χ2n) is 8.09. The van der Waals surface area contributed by atoms with Crippen LogP contribution in [0.1, 0.15) is 24.5 Å². The molecular formula is C25H32FN3O2. The van der Waals surface area contributed by atoms with E-state index in [0.29, 0.717) is 5.56 Å². The molecule has 1 aliphatic heterocycles. The zero-order valence-corrected chi connectivity index (χ0v) is 18.6. The second kappa shape index (κ2) is 11.0. The zero-order valence-electron chi connectivity index (χ0n) is 18.6. The molecule has 1 saturated heterocycles. The summed E-state index contributed by atoms with van der Waals surface area (Å²) in [6.45, 7) is 9.18. The van der Waals surface area contributed by atoms with E-state index in [0.717, 1.165) is 39.1 Å². The molecule has 0 saturated carbocycles. The smallest absolute Gasteiger partial charge is 0.244 e. The predicted molar refractivity (Wildman–Crippen MR) is 124 cm³/mol. The number of hydrogen-bond donors (Lipinski definition) is 1. The predicted octanol–water partition coefficient (Wildman–Crippen LogP) is 3.87. The third-order valence-corrected chi connectivity index (χ3v) is 5.61. The molecule has 1 atom stereocenters. The molecule has 6 heteroatoms. The second-order valence-corrected chi connectivity index (χ2v) is 8.09. The number of anilines is 1. The van der Waals surface area contributed by atoms with Gasteiger partial charge in [0, 0.05) is 50.5 Å². The quantitative estimate of drug-likeness (QED) is 0.652. The van der Waals surface area contributed by atoms with Gasteiger partial charge in [-0.2, -0.15) is 0 Å². The van der Waals surface area contributed by atoms with Gasteiger partial charge in [-0.25, -0.2) is 4.39 Å². The minimum absolute atomic E-state index is 0.0690. The normalized spacial score (nSPS) is 15.8. The van der Waals surface area contributed by atoms with Gasteiger partial charge in [0.15, 0.2) is 11.6 Å². The fourth-order valence-electron chi connectivity index (χ4n) is 3.75. The molecule has 166 valence electrons. The number of ether oxygens (including phenoxy) is 1. The maximum Gasteiger partial charge on any atom is 0.244 e. The number of piperazine rings is 1. The topological polar surface area (TPSA) is 44.8 Å². The summed E-state index contributed by atoms with van der Waals surface area (Å²) in [5, 5.41) is 2.99. The summed E-state index contributed by atoms with van der Waals surface area (Å²) in [6, 6.07) is 13.3. The average Bonchev–Trinajstić information content (AvgIpc) is 2.77. The Morgan fingerprint density at radius 2 is 1.97 bits per heavy atom. The molecule has 3 rings (SSSR count). The molecule has 1 heterocycles. The van der Waals surface area contributed by atoms with Gasteiger partial charge >= 0.3 is 0 Å². The van der Waals surface area contributed by atoms with E-state index in [1.54, 1.807) is 18.2 Å². The van der Waals surface area contributed by atoms with E-state index in [-0.39, 0.29) is 17.7 Å². The molecule has 1 unspecified atom stereocenters. The lowest BCUT2D eigenvalue weighted by Crippen LogP contribution is -2.47. The molecule has 31 heavy (non-hydrogen) atoms. The zero-order chi connectivity index (χ0) is 22.2. The first kappa shape index (κ1) is 22.8. The summed E-state index contributed by atoms with van der Waals surface area (Å²) in [4.78, 5) is 17.1. The lowest BCUT2D eigenvalue weighted by molar-refractivity contribution is -0.117. The van der Waals surface area contributed by atoms with Crippen molar-refractivity contribution in [1.82, 2.24) is 10.2 Å². The van der Waals surface area contributed by atoms with E-state index in [4.69, 9.17) is 4.74 Å². The van der Waals surface area contributed by atoms with Gasteiger partial charge in [0.2, 0.25) is 5.91 Å². The Hall–Kier alpha value is -2.86. The minimum atomic E-state index is -0.444. The number of methoxy groups -OCH3 is 1. The Bertz CT molecular complexity index is 907. The van der Waals surface area contributed by atoms with Crippen molar-refractivity contribution in [2.45, 2.75) is 26.3 Å². The maximum atomic E-state index is 13.7. The molecule has 0 radical (unpaired) electrons. The van der Waals surface area contributed by atoms with Gasteiger partial charge in [0.1, 0.15) is 0 Å². The van der Waals surface area contributed by atoms with Crippen LogP contribution in [0.2, 0.25) is 0 Å². The standard InChI is InChI=1S/C25H32FN3O2/c1-19-5-4-6-22(17-19)29-15-13-28(14-16-29)12-11-20(2)27-25(30)10-8-21-7-9-24(31-3)23(26)18-21/h4-10,17-18,20H,11-16H2,1-3H3,(H,27,30)/b10-8+. The molecule has 1 amide bonds. The van der Waals surface area contributed by atoms with E-state index in [2.05, 4.69) is 46.3 Å². The third-order valence-electron chi connectivity index (χ3n) is 5.61. The number of nitrogens with one attached hydrogen (secondary N) is 1. The number of halogens is 1. The van der Waals surface area contributed by atoms with Crippen LogP contribution in [-0.4, -0.2) is 56.7 Å². The molecule has 0 spiro atoms. The van der Waals surface area contributed by atoms with Crippen molar-refractivity contribution < 1.29 is 13.9 Å². The van der Waals surface area contributed by atoms with Gasteiger partial charge in [-0.05, 0) is 61.7 Å². The van der Waals surface area contributed by atoms with Gasteiger partial charge in [0.25, 0.3) is 0 Å². The fraction of sp³-hybridized carbons (Fsp3) is 0.400. The first-order valence-electron chi connectivity index (χ1n) is 10.8. The molecule has 0 bridgehead atoms. The molecule has 1 fully saturated rings. The highest BCUT2D eigenvalue weighted by Gasteiger charge is 2.18. The van der Waals surface area contributed by atoms with Crippen molar-refractivity contribution in [3.63, 3.8) is 0 Å². The van der Waals surface area contributed by atoms with Crippen LogP contribution in [0.5, 0.6) is 5.75 Å².